The number of alkyl halides is 3. The van der Waals surface area contributed by atoms with Crippen molar-refractivity contribution in [2.75, 3.05) is 45.2 Å². The molecular formula is C26H34F3N5O4. The monoisotopic (exact) mass is 537 g/mol. The van der Waals surface area contributed by atoms with Gasteiger partial charge in [0.1, 0.15) is 18.2 Å². The van der Waals surface area contributed by atoms with Gasteiger partial charge in [-0.25, -0.2) is 0 Å². The third-order valence-corrected chi connectivity index (χ3v) is 7.60. The Kier molecular flexibility index (Phi) is 7.98. The Morgan fingerprint density at radius 2 is 1.95 bits per heavy atom. The number of piperidine rings is 1. The molecule has 5 rings (SSSR count). The van der Waals surface area contributed by atoms with Crippen LogP contribution in [-0.4, -0.2) is 72.2 Å². The van der Waals surface area contributed by atoms with E-state index in [1.807, 2.05) is 0 Å². The average Bonchev–Trinajstić information content (AvgIpc) is 3.58. The zero-order valence-corrected chi connectivity index (χ0v) is 21.2. The second-order valence-corrected chi connectivity index (χ2v) is 10.3. The van der Waals surface area contributed by atoms with E-state index in [2.05, 4.69) is 19.9 Å². The number of nitrogen functional groups attached to an aromatic ring is 1. The summed E-state index contributed by atoms with van der Waals surface area (Å²) in [6.45, 7) is 4.76. The second-order valence-electron chi connectivity index (χ2n) is 10.3. The number of nitrogens with one attached hydrogen (secondary N) is 1. The number of hydrogen-bond donors (Lipinski definition) is 2. The van der Waals surface area contributed by atoms with Gasteiger partial charge in [-0.15, -0.1) is 13.2 Å². The number of imidazole rings is 1. The number of nitrogens with two attached hydrogens (primary N) is 1. The van der Waals surface area contributed by atoms with Crippen molar-refractivity contribution in [3.05, 3.63) is 36.0 Å². The van der Waals surface area contributed by atoms with Crippen LogP contribution in [0, 0.1) is 11.8 Å². The minimum atomic E-state index is -4.66. The Balaban J connectivity index is 0.924. The maximum Gasteiger partial charge on any atom is 0.573 e. The smallest absolute Gasteiger partial charge is 0.462 e. The molecule has 0 bridgehead atoms. The molecule has 1 aliphatic carbocycles. The number of fused-ring (bicyclic) bond motifs is 1. The number of likely N-dealkylation sites (tertiary alicyclic amines) is 1. The van der Waals surface area contributed by atoms with E-state index < -0.39 is 6.36 Å². The Morgan fingerprint density at radius 1 is 1.18 bits per heavy atom. The highest BCUT2D eigenvalue weighted by Gasteiger charge is 2.44. The van der Waals surface area contributed by atoms with Crippen LogP contribution in [0.5, 0.6) is 11.8 Å². The van der Waals surface area contributed by atoms with Crippen molar-refractivity contribution >= 4 is 11.7 Å². The SMILES string of the molecule is Nc1cn2c(n1)OCC(NC(=O)CCOCCN1CCC(C3CC3c3ccc(OC(F)(F)F)cc3)CC1)C2. The predicted octanol–water partition coefficient (Wildman–Crippen LogP) is 3.16. The fourth-order valence-corrected chi connectivity index (χ4v) is 5.62. The lowest BCUT2D eigenvalue weighted by Crippen LogP contribution is -2.44. The van der Waals surface area contributed by atoms with E-state index in [9.17, 15) is 18.0 Å². The van der Waals surface area contributed by atoms with Crippen molar-refractivity contribution in [1.82, 2.24) is 19.8 Å². The number of benzene rings is 1. The minimum Gasteiger partial charge on any atom is -0.462 e. The standard InChI is InChI=1S/C26H34F3N5O4/c27-26(28,29)38-20-3-1-17(2-4-20)21-13-22(21)18-5-8-33(9-6-18)10-12-36-11-7-24(35)31-19-14-34-15-23(30)32-25(34)37-16-19/h1-4,15,18-19,21-22H,5-14,16,30H2,(H,31,35). The number of aromatic nitrogens is 2. The van der Waals surface area contributed by atoms with Gasteiger partial charge in [-0.05, 0) is 67.8 Å². The summed E-state index contributed by atoms with van der Waals surface area (Å²) in [6, 6.07) is 6.67. The largest absolute Gasteiger partial charge is 0.573 e. The van der Waals surface area contributed by atoms with E-state index in [1.54, 1.807) is 22.9 Å². The molecule has 2 aliphatic heterocycles. The van der Waals surface area contributed by atoms with Crippen LogP contribution >= 0.6 is 0 Å². The van der Waals surface area contributed by atoms with E-state index >= 15 is 0 Å². The van der Waals surface area contributed by atoms with Crippen LogP contribution in [0.4, 0.5) is 19.0 Å². The van der Waals surface area contributed by atoms with E-state index in [0.29, 0.717) is 62.4 Å². The summed E-state index contributed by atoms with van der Waals surface area (Å²) in [5.74, 6) is 1.83. The van der Waals surface area contributed by atoms with Crippen LogP contribution in [0.15, 0.2) is 30.5 Å². The molecule has 0 spiro atoms. The molecule has 1 aromatic heterocycles. The number of ether oxygens (including phenoxy) is 3. The number of carbonyl (C=O) groups is 1. The van der Waals surface area contributed by atoms with Crippen LogP contribution in [-0.2, 0) is 16.1 Å². The summed E-state index contributed by atoms with van der Waals surface area (Å²) < 4.78 is 54.1. The van der Waals surface area contributed by atoms with Crippen LogP contribution in [0.2, 0.25) is 0 Å². The first-order valence-corrected chi connectivity index (χ1v) is 13.1. The number of amides is 1. The number of nitrogens with zero attached hydrogens (tertiary/aromatic N) is 3. The first-order valence-electron chi connectivity index (χ1n) is 13.1. The lowest BCUT2D eigenvalue weighted by Gasteiger charge is -2.32. The van der Waals surface area contributed by atoms with Gasteiger partial charge in [-0.2, -0.15) is 4.98 Å². The maximum absolute atomic E-state index is 12.4. The van der Waals surface area contributed by atoms with Gasteiger partial charge in [0.05, 0.1) is 32.0 Å². The summed E-state index contributed by atoms with van der Waals surface area (Å²) in [7, 11) is 0. The molecule has 3 atom stereocenters. The Hall–Kier alpha value is -2.99. The number of hydrogen-bond acceptors (Lipinski definition) is 7. The highest BCUT2D eigenvalue weighted by atomic mass is 19.4. The molecule has 12 heteroatoms. The molecule has 3 unspecified atom stereocenters. The molecule has 1 aromatic carbocycles. The van der Waals surface area contributed by atoms with E-state index in [4.69, 9.17) is 15.2 Å². The Morgan fingerprint density at radius 3 is 2.68 bits per heavy atom. The van der Waals surface area contributed by atoms with Gasteiger partial charge < -0.3 is 30.2 Å². The van der Waals surface area contributed by atoms with Crippen molar-refractivity contribution in [2.45, 2.75) is 50.6 Å². The topological polar surface area (TPSA) is 104 Å². The second kappa shape index (κ2) is 11.4. The Labute approximate surface area is 219 Å². The maximum atomic E-state index is 12.4. The van der Waals surface area contributed by atoms with Crippen LogP contribution in [0.25, 0.3) is 0 Å². The Bertz CT molecular complexity index is 1090. The summed E-state index contributed by atoms with van der Waals surface area (Å²) in [4.78, 5) is 18.7. The molecule has 2 aromatic rings. The van der Waals surface area contributed by atoms with Crippen molar-refractivity contribution in [1.29, 1.82) is 0 Å². The molecule has 38 heavy (non-hydrogen) atoms. The molecule has 1 saturated carbocycles. The predicted molar refractivity (Wildman–Crippen MR) is 133 cm³/mol. The minimum absolute atomic E-state index is 0.0718. The summed E-state index contributed by atoms with van der Waals surface area (Å²) >= 11 is 0. The molecule has 2 fully saturated rings. The van der Waals surface area contributed by atoms with Crippen molar-refractivity contribution < 1.29 is 32.2 Å². The van der Waals surface area contributed by atoms with E-state index in [0.717, 1.165) is 44.5 Å². The highest BCUT2D eigenvalue weighted by Crippen LogP contribution is 2.54. The molecule has 1 amide bonds. The zero-order valence-electron chi connectivity index (χ0n) is 21.2. The average molecular weight is 538 g/mol. The fourth-order valence-electron chi connectivity index (χ4n) is 5.62. The van der Waals surface area contributed by atoms with Crippen LogP contribution in [0.1, 0.15) is 37.2 Å². The van der Waals surface area contributed by atoms with Gasteiger partial charge in [-0.1, -0.05) is 12.1 Å². The van der Waals surface area contributed by atoms with Gasteiger partial charge in [0, 0.05) is 13.0 Å². The van der Waals surface area contributed by atoms with Gasteiger partial charge >= 0.3 is 6.36 Å². The molecule has 1 saturated heterocycles. The molecule has 3 aliphatic rings. The highest BCUT2D eigenvalue weighted by molar-refractivity contribution is 5.76. The first-order chi connectivity index (χ1) is 18.2. The molecule has 3 N–H and O–H groups in total. The molecule has 208 valence electrons. The zero-order chi connectivity index (χ0) is 26.7. The van der Waals surface area contributed by atoms with Gasteiger partial charge in [0.2, 0.25) is 5.91 Å². The molecule has 9 nitrogen and oxygen atoms in total. The van der Waals surface area contributed by atoms with Crippen LogP contribution < -0.4 is 20.5 Å². The summed E-state index contributed by atoms with van der Waals surface area (Å²) in [5, 5.41) is 2.96. The fraction of sp³-hybridized carbons (Fsp3) is 0.615. The van der Waals surface area contributed by atoms with E-state index in [1.165, 1.54) is 12.1 Å². The molecule has 3 heterocycles. The molecule has 0 radical (unpaired) electrons. The van der Waals surface area contributed by atoms with Crippen LogP contribution in [0.3, 0.4) is 0 Å². The molecular weight excluding hydrogens is 503 g/mol. The first kappa shape index (κ1) is 26.6. The van der Waals surface area contributed by atoms with Gasteiger partial charge in [0.15, 0.2) is 0 Å². The number of halogens is 3. The van der Waals surface area contributed by atoms with Gasteiger partial charge in [0.25, 0.3) is 6.01 Å². The number of carbonyl (C=O) groups excluding carboxylic acids is 1. The van der Waals surface area contributed by atoms with E-state index in [-0.39, 0.29) is 17.7 Å². The number of rotatable bonds is 10. The van der Waals surface area contributed by atoms with Crippen molar-refractivity contribution in [2.24, 2.45) is 11.8 Å². The summed E-state index contributed by atoms with van der Waals surface area (Å²) in [5.41, 5.74) is 6.77. The lowest BCUT2D eigenvalue weighted by molar-refractivity contribution is -0.274. The van der Waals surface area contributed by atoms with Crippen molar-refractivity contribution in [3.63, 3.8) is 0 Å². The normalized spacial score (nSPS) is 23.9. The third-order valence-electron chi connectivity index (χ3n) is 7.60. The lowest BCUT2D eigenvalue weighted by atomic mass is 9.90. The third kappa shape index (κ3) is 7.10. The van der Waals surface area contributed by atoms with Gasteiger partial charge in [-0.3, -0.25) is 9.36 Å². The number of anilines is 1. The van der Waals surface area contributed by atoms with Crippen molar-refractivity contribution in [3.8, 4) is 11.8 Å². The summed E-state index contributed by atoms with van der Waals surface area (Å²) in [6.07, 6.45) is 0.662. The quantitative estimate of drug-likeness (QED) is 0.449.